The number of rotatable bonds is 5. The normalized spacial score (nSPS) is 12.7. The van der Waals surface area contributed by atoms with Gasteiger partial charge in [-0.05, 0) is 13.0 Å². The van der Waals surface area contributed by atoms with Crippen LogP contribution >= 0.6 is 11.8 Å². The number of nitrogens with zero attached hydrogens (tertiary/aromatic N) is 3. The van der Waals surface area contributed by atoms with Crippen molar-refractivity contribution in [3.63, 3.8) is 0 Å². The van der Waals surface area contributed by atoms with Gasteiger partial charge >= 0.3 is 5.97 Å². The molecule has 7 heteroatoms. The van der Waals surface area contributed by atoms with E-state index >= 15 is 0 Å². The van der Waals surface area contributed by atoms with E-state index in [1.165, 1.54) is 6.33 Å². The molecule has 6 nitrogen and oxygen atoms in total. The minimum atomic E-state index is -0.872. The van der Waals surface area contributed by atoms with Crippen molar-refractivity contribution in [2.24, 2.45) is 12.8 Å². The highest BCUT2D eigenvalue weighted by Gasteiger charge is 2.20. The number of hydrogen-bond donors (Lipinski definition) is 2. The van der Waals surface area contributed by atoms with Gasteiger partial charge in [0.2, 0.25) is 0 Å². The highest BCUT2D eigenvalue weighted by Crippen LogP contribution is 2.22. The number of thioether (sulfide) groups is 1. The summed E-state index contributed by atoms with van der Waals surface area (Å²) in [6.07, 6.45) is 1.95. The monoisotopic (exact) mass is 216 g/mol. The number of carbonyl (C=O) groups is 1. The van der Waals surface area contributed by atoms with Crippen molar-refractivity contribution in [1.82, 2.24) is 14.8 Å². The van der Waals surface area contributed by atoms with Gasteiger partial charge in [0.25, 0.3) is 0 Å². The van der Waals surface area contributed by atoms with Gasteiger partial charge in [-0.2, -0.15) is 0 Å². The fourth-order valence-corrected chi connectivity index (χ4v) is 1.81. The molecule has 1 unspecified atom stereocenters. The van der Waals surface area contributed by atoms with Crippen molar-refractivity contribution in [2.45, 2.75) is 16.8 Å². The minimum Gasteiger partial charge on any atom is -0.480 e. The number of hydrogen-bond acceptors (Lipinski definition) is 5. The Morgan fingerprint density at radius 1 is 1.86 bits per heavy atom. The molecule has 0 spiro atoms. The van der Waals surface area contributed by atoms with Crippen LogP contribution in [0.3, 0.4) is 0 Å². The Bertz CT molecular complexity index is 314. The van der Waals surface area contributed by atoms with E-state index in [1.807, 2.05) is 0 Å². The molecule has 1 aromatic heterocycles. The van der Waals surface area contributed by atoms with Crippen LogP contribution in [0.1, 0.15) is 6.42 Å². The van der Waals surface area contributed by atoms with Gasteiger partial charge in [0.1, 0.15) is 11.6 Å². The molecule has 0 aliphatic carbocycles. The number of aromatic nitrogens is 3. The van der Waals surface area contributed by atoms with Crippen molar-refractivity contribution in [2.75, 3.05) is 6.54 Å². The average Bonchev–Trinajstić information content (AvgIpc) is 2.51. The van der Waals surface area contributed by atoms with Crippen LogP contribution in [0.15, 0.2) is 11.5 Å². The first-order valence-corrected chi connectivity index (χ1v) is 4.96. The molecule has 78 valence electrons. The molecule has 0 saturated carbocycles. The van der Waals surface area contributed by atoms with Gasteiger partial charge in [0, 0.05) is 7.05 Å². The standard InChI is InChI=1S/C7H12N4O2S/c1-11-4-9-10-7(11)14-5(2-3-8)6(12)13/h4-5H,2-3,8H2,1H3,(H,12,13). The summed E-state index contributed by atoms with van der Waals surface area (Å²) in [6, 6.07) is 0. The van der Waals surface area contributed by atoms with Gasteiger partial charge < -0.3 is 15.4 Å². The van der Waals surface area contributed by atoms with E-state index in [-0.39, 0.29) is 0 Å². The quantitative estimate of drug-likeness (QED) is 0.657. The Hall–Kier alpha value is -1.08. The number of carboxylic acid groups (broad SMARTS) is 1. The van der Waals surface area contributed by atoms with E-state index in [4.69, 9.17) is 10.8 Å². The summed E-state index contributed by atoms with van der Waals surface area (Å²) in [6.45, 7) is 0.349. The van der Waals surface area contributed by atoms with Crippen molar-refractivity contribution in [3.8, 4) is 0 Å². The summed E-state index contributed by atoms with van der Waals surface area (Å²) in [5.41, 5.74) is 5.31. The van der Waals surface area contributed by atoms with Crippen molar-refractivity contribution in [3.05, 3.63) is 6.33 Å². The smallest absolute Gasteiger partial charge is 0.317 e. The first-order chi connectivity index (χ1) is 6.65. The first-order valence-electron chi connectivity index (χ1n) is 4.08. The van der Waals surface area contributed by atoms with Gasteiger partial charge in [-0.25, -0.2) is 0 Å². The third-order valence-electron chi connectivity index (χ3n) is 1.62. The van der Waals surface area contributed by atoms with E-state index in [0.29, 0.717) is 18.1 Å². The number of nitrogens with two attached hydrogens (primary N) is 1. The molecule has 1 heterocycles. The Kier molecular flexibility index (Phi) is 3.90. The number of carboxylic acids is 1. The maximum atomic E-state index is 10.8. The van der Waals surface area contributed by atoms with Crippen molar-refractivity contribution >= 4 is 17.7 Å². The SMILES string of the molecule is Cn1cnnc1SC(CCN)C(=O)O. The number of aryl methyl sites for hydroxylation is 1. The predicted octanol–water partition coefficient (Wildman–Crippen LogP) is -0.291. The lowest BCUT2D eigenvalue weighted by atomic mass is 10.3. The molecular weight excluding hydrogens is 204 g/mol. The molecule has 0 saturated heterocycles. The number of aliphatic carboxylic acids is 1. The molecular formula is C7H12N4O2S. The predicted molar refractivity (Wildman–Crippen MR) is 52.0 cm³/mol. The van der Waals surface area contributed by atoms with Crippen LogP contribution in [-0.4, -0.2) is 37.6 Å². The van der Waals surface area contributed by atoms with Gasteiger partial charge in [-0.1, -0.05) is 11.8 Å². The lowest BCUT2D eigenvalue weighted by Gasteiger charge is -2.08. The van der Waals surface area contributed by atoms with Crippen LogP contribution in [-0.2, 0) is 11.8 Å². The van der Waals surface area contributed by atoms with E-state index in [0.717, 1.165) is 11.8 Å². The fraction of sp³-hybridized carbons (Fsp3) is 0.571. The molecule has 0 amide bonds. The highest BCUT2D eigenvalue weighted by atomic mass is 32.2. The minimum absolute atomic E-state index is 0.349. The fourth-order valence-electron chi connectivity index (χ4n) is 0.891. The average molecular weight is 216 g/mol. The lowest BCUT2D eigenvalue weighted by Crippen LogP contribution is -2.20. The van der Waals surface area contributed by atoms with Crippen LogP contribution in [0.5, 0.6) is 0 Å². The molecule has 0 radical (unpaired) electrons. The Balaban J connectivity index is 2.64. The van der Waals surface area contributed by atoms with Crippen LogP contribution in [0.2, 0.25) is 0 Å². The topological polar surface area (TPSA) is 94.0 Å². The second kappa shape index (κ2) is 4.97. The maximum Gasteiger partial charge on any atom is 0.317 e. The van der Waals surface area contributed by atoms with E-state index in [1.54, 1.807) is 11.6 Å². The summed E-state index contributed by atoms with van der Waals surface area (Å²) in [5.74, 6) is -0.872. The molecule has 14 heavy (non-hydrogen) atoms. The summed E-state index contributed by atoms with van der Waals surface area (Å²) >= 11 is 1.16. The molecule has 0 aliphatic rings. The summed E-state index contributed by atoms with van der Waals surface area (Å²) in [7, 11) is 1.77. The summed E-state index contributed by atoms with van der Waals surface area (Å²) < 4.78 is 1.68. The zero-order valence-electron chi connectivity index (χ0n) is 7.75. The van der Waals surface area contributed by atoms with E-state index in [2.05, 4.69) is 10.2 Å². The second-order valence-corrected chi connectivity index (χ2v) is 3.92. The first kappa shape index (κ1) is 11.0. The second-order valence-electron chi connectivity index (χ2n) is 2.75. The summed E-state index contributed by atoms with van der Waals surface area (Å²) in [4.78, 5) is 10.8. The molecule has 1 aromatic rings. The van der Waals surface area contributed by atoms with E-state index < -0.39 is 11.2 Å². The van der Waals surface area contributed by atoms with Crippen LogP contribution < -0.4 is 5.73 Å². The Labute approximate surface area is 85.5 Å². The third kappa shape index (κ3) is 2.71. The molecule has 1 rings (SSSR count). The zero-order chi connectivity index (χ0) is 10.6. The van der Waals surface area contributed by atoms with Crippen LogP contribution in [0, 0.1) is 0 Å². The highest BCUT2D eigenvalue weighted by molar-refractivity contribution is 8.00. The summed E-state index contributed by atoms with van der Waals surface area (Å²) in [5, 5.41) is 16.4. The van der Waals surface area contributed by atoms with Gasteiger partial charge in [-0.3, -0.25) is 4.79 Å². The Morgan fingerprint density at radius 3 is 3.00 bits per heavy atom. The van der Waals surface area contributed by atoms with Crippen molar-refractivity contribution < 1.29 is 9.90 Å². The third-order valence-corrected chi connectivity index (χ3v) is 2.92. The van der Waals surface area contributed by atoms with Gasteiger partial charge in [0.15, 0.2) is 5.16 Å². The molecule has 0 bridgehead atoms. The van der Waals surface area contributed by atoms with Gasteiger partial charge in [0.05, 0.1) is 0 Å². The molecule has 0 fully saturated rings. The van der Waals surface area contributed by atoms with Gasteiger partial charge in [-0.15, -0.1) is 10.2 Å². The molecule has 1 atom stereocenters. The maximum absolute atomic E-state index is 10.8. The molecule has 0 aliphatic heterocycles. The van der Waals surface area contributed by atoms with Crippen molar-refractivity contribution in [1.29, 1.82) is 0 Å². The Morgan fingerprint density at radius 2 is 2.57 bits per heavy atom. The van der Waals surface area contributed by atoms with Crippen LogP contribution in [0.4, 0.5) is 0 Å². The molecule has 0 aromatic carbocycles. The van der Waals surface area contributed by atoms with Crippen LogP contribution in [0.25, 0.3) is 0 Å². The lowest BCUT2D eigenvalue weighted by molar-refractivity contribution is -0.136. The largest absolute Gasteiger partial charge is 0.480 e. The molecule has 3 N–H and O–H groups in total. The zero-order valence-corrected chi connectivity index (χ0v) is 8.57. The van der Waals surface area contributed by atoms with E-state index in [9.17, 15) is 4.79 Å².